The van der Waals surface area contributed by atoms with Crippen molar-refractivity contribution in [3.05, 3.63) is 169 Å². The third-order valence-electron chi connectivity index (χ3n) is 11.3. The molecule has 8 N–H and O–H groups in total. The maximum atomic E-state index is 6.20. The van der Waals surface area contributed by atoms with E-state index in [4.69, 9.17) is 17.2 Å². The minimum atomic E-state index is 0. The van der Waals surface area contributed by atoms with E-state index >= 15 is 0 Å². The van der Waals surface area contributed by atoms with E-state index in [1.54, 1.807) is 0 Å². The number of nitrogens with two attached hydrogens (primary N) is 3. The lowest BCUT2D eigenvalue weighted by Gasteiger charge is -2.08. The molecule has 0 unspecified atom stereocenters. The molecule has 3 heterocycles. The van der Waals surface area contributed by atoms with Crippen molar-refractivity contribution in [2.24, 2.45) is 0 Å². The molecular weight excluding hydrogens is 1010 g/mol. The Morgan fingerprint density at radius 3 is 1.35 bits per heavy atom. The lowest BCUT2D eigenvalue weighted by molar-refractivity contribution is -0.677. The number of unbranched alkanes of at least 4 members (excludes halogenated alkanes) is 7. The Balaban J connectivity index is 0.000000344. The Labute approximate surface area is 405 Å². The number of aromatic nitrogens is 3. The topological polar surface area (TPSA) is 121 Å². The zero-order valence-corrected chi connectivity index (χ0v) is 41.2. The van der Waals surface area contributed by atoms with Crippen LogP contribution in [0.25, 0.3) is 43.8 Å². The number of nitrogen functional groups attached to an aromatic ring is 3. The van der Waals surface area contributed by atoms with Crippen LogP contribution in [0.4, 0.5) is 17.1 Å². The number of rotatable bonds is 14. The van der Waals surface area contributed by atoms with Crippen molar-refractivity contribution >= 4 is 49.8 Å². The minimum Gasteiger partial charge on any atom is -1.00 e. The molecule has 10 heteroatoms. The summed E-state index contributed by atoms with van der Waals surface area (Å²) < 4.78 is 6.93. The first-order valence-corrected chi connectivity index (χ1v) is 21.1. The van der Waals surface area contributed by atoms with Crippen LogP contribution in [-0.4, -0.2) is 5.48 Å². The SMILES string of the molecule is CCCCCCCCCC[n+]1c(C)cc(N)c2ccccc21.Nc1cc[n+](Cc2cccc(-c3cccc(C[n+]4ccc(N)c5ccccc54)c3)c2)c2ccccc12.O.[Br-].[Br-].[I-]. The van der Waals surface area contributed by atoms with Crippen LogP contribution in [0.2, 0.25) is 0 Å². The van der Waals surface area contributed by atoms with Gasteiger partial charge in [0.05, 0.1) is 33.2 Å². The van der Waals surface area contributed by atoms with E-state index in [2.05, 4.69) is 155 Å². The number of anilines is 3. The van der Waals surface area contributed by atoms with Gasteiger partial charge in [0.25, 0.3) is 0 Å². The molecule has 8 aromatic rings. The summed E-state index contributed by atoms with van der Waals surface area (Å²) in [5.41, 5.74) is 30.8. The van der Waals surface area contributed by atoms with Crippen molar-refractivity contribution < 1.29 is 77.1 Å². The molecule has 0 bridgehead atoms. The van der Waals surface area contributed by atoms with Crippen LogP contribution in [0.1, 0.15) is 75.1 Å². The lowest BCUT2D eigenvalue weighted by atomic mass is 10.0. The van der Waals surface area contributed by atoms with Crippen LogP contribution < -0.4 is 88.8 Å². The Kier molecular flexibility index (Phi) is 21.3. The number of benzene rings is 5. The fourth-order valence-electron chi connectivity index (χ4n) is 8.21. The van der Waals surface area contributed by atoms with Gasteiger partial charge in [0.2, 0.25) is 16.6 Å². The fraction of sp³-hybridized carbons (Fsp3) is 0.250. The Bertz CT molecular complexity index is 2530. The second kappa shape index (κ2) is 25.5. The largest absolute Gasteiger partial charge is 1.00 e. The minimum absolute atomic E-state index is 0. The van der Waals surface area contributed by atoms with Crippen LogP contribution in [-0.2, 0) is 19.6 Å². The highest BCUT2D eigenvalue weighted by Crippen LogP contribution is 2.24. The number of halogens is 3. The van der Waals surface area contributed by atoms with Gasteiger partial charge in [0, 0.05) is 60.9 Å². The molecular formula is C52H61Br2IN6O. The number of para-hydroxylation sites is 3. The summed E-state index contributed by atoms with van der Waals surface area (Å²) in [4.78, 5) is 0. The number of pyridine rings is 3. The van der Waals surface area contributed by atoms with Gasteiger partial charge < -0.3 is 80.6 Å². The summed E-state index contributed by atoms with van der Waals surface area (Å²) in [6, 6.07) is 48.7. The number of nitrogens with zero attached hydrogens (tertiary/aromatic N) is 3. The third-order valence-corrected chi connectivity index (χ3v) is 11.3. The van der Waals surface area contributed by atoms with E-state index in [9.17, 15) is 0 Å². The summed E-state index contributed by atoms with van der Waals surface area (Å²) >= 11 is 0. The van der Waals surface area contributed by atoms with Gasteiger partial charge in [-0.15, -0.1) is 0 Å². The second-order valence-corrected chi connectivity index (χ2v) is 15.6. The summed E-state index contributed by atoms with van der Waals surface area (Å²) in [6.07, 6.45) is 15.0. The summed E-state index contributed by atoms with van der Waals surface area (Å²) in [6.45, 7) is 7.09. The van der Waals surface area contributed by atoms with Crippen molar-refractivity contribution in [1.29, 1.82) is 0 Å². The molecule has 0 amide bonds. The van der Waals surface area contributed by atoms with Gasteiger partial charge in [-0.05, 0) is 47.9 Å². The number of hydrogen-bond acceptors (Lipinski definition) is 3. The van der Waals surface area contributed by atoms with E-state index < -0.39 is 0 Å². The quantitative estimate of drug-likeness (QED) is 0.0852. The first kappa shape index (κ1) is 51.7. The van der Waals surface area contributed by atoms with E-state index in [1.165, 1.54) is 90.2 Å². The molecule has 8 rings (SSSR count). The maximum Gasteiger partial charge on any atom is 0.214 e. The van der Waals surface area contributed by atoms with Crippen molar-refractivity contribution in [1.82, 2.24) is 0 Å². The molecule has 7 nitrogen and oxygen atoms in total. The molecule has 0 saturated heterocycles. The number of fused-ring (bicyclic) bond motifs is 3. The normalized spacial score (nSPS) is 10.5. The molecule has 0 aliphatic rings. The van der Waals surface area contributed by atoms with Gasteiger partial charge >= 0.3 is 0 Å². The number of aryl methyl sites for hydroxylation is 2. The molecule has 0 spiro atoms. The maximum absolute atomic E-state index is 6.20. The predicted molar refractivity (Wildman–Crippen MR) is 247 cm³/mol. The van der Waals surface area contributed by atoms with E-state index in [1.807, 2.05) is 24.3 Å². The van der Waals surface area contributed by atoms with Gasteiger partial charge in [0.1, 0.15) is 6.54 Å². The summed E-state index contributed by atoms with van der Waals surface area (Å²) in [5.74, 6) is 0. The molecule has 326 valence electrons. The van der Waals surface area contributed by atoms with Gasteiger partial charge in [-0.1, -0.05) is 118 Å². The van der Waals surface area contributed by atoms with Gasteiger partial charge in [-0.2, -0.15) is 13.7 Å². The number of hydrogen-bond donors (Lipinski definition) is 3. The zero-order chi connectivity index (χ0) is 40.3. The Morgan fingerprint density at radius 1 is 0.452 bits per heavy atom. The van der Waals surface area contributed by atoms with Crippen LogP contribution in [0, 0.1) is 6.92 Å². The molecule has 0 saturated carbocycles. The molecule has 3 aromatic heterocycles. The molecule has 0 aliphatic heterocycles. The second-order valence-electron chi connectivity index (χ2n) is 15.6. The molecule has 0 aliphatic carbocycles. The molecule has 5 aromatic carbocycles. The first-order valence-electron chi connectivity index (χ1n) is 21.1. The van der Waals surface area contributed by atoms with Gasteiger partial charge in [0.15, 0.2) is 31.2 Å². The lowest BCUT2D eigenvalue weighted by Crippen LogP contribution is -3.00. The predicted octanol–water partition coefficient (Wildman–Crippen LogP) is 0.842. The third kappa shape index (κ3) is 13.0. The molecule has 0 radical (unpaired) electrons. The highest BCUT2D eigenvalue weighted by molar-refractivity contribution is 5.89. The monoisotopic (exact) mass is 1070 g/mol. The van der Waals surface area contributed by atoms with E-state index in [0.29, 0.717) is 0 Å². The Morgan fingerprint density at radius 2 is 0.871 bits per heavy atom. The molecule has 62 heavy (non-hydrogen) atoms. The summed E-state index contributed by atoms with van der Waals surface area (Å²) in [7, 11) is 0. The molecule has 0 fully saturated rings. The smallest absolute Gasteiger partial charge is 0.214 e. The van der Waals surface area contributed by atoms with Crippen molar-refractivity contribution in [2.75, 3.05) is 17.2 Å². The van der Waals surface area contributed by atoms with Crippen molar-refractivity contribution in [2.45, 2.75) is 84.8 Å². The summed E-state index contributed by atoms with van der Waals surface area (Å²) in [5, 5.41) is 3.33. The van der Waals surface area contributed by atoms with Crippen LogP contribution >= 0.6 is 0 Å². The van der Waals surface area contributed by atoms with Crippen LogP contribution in [0.15, 0.2) is 152 Å². The van der Waals surface area contributed by atoms with Gasteiger partial charge in [-0.25, -0.2) is 0 Å². The van der Waals surface area contributed by atoms with E-state index in [0.717, 1.165) is 58.5 Å². The standard InChI is InChI=1S/C32H26N4.C20H30N2.2BrH.HI.H2O/c33-29-15-17-35(31-13-3-1-11-27(29)31)21-23-7-5-9-25(19-23)26-10-6-8-24(20-26)22-36-18-16-30(34)28-12-2-4-14-32(28)36;1-3-4-5-6-7-8-9-12-15-22-17(2)16-19(21)18-13-10-11-14-20(18)22;;;;/h1-20,33-34H,21-22H2;10-11,13-14,16,21H,3-9,12,15H2,1-2H3;3*1H;1H2. The fourth-order valence-corrected chi connectivity index (χ4v) is 8.21. The highest BCUT2D eigenvalue weighted by Gasteiger charge is 2.16. The Hall–Kier alpha value is -4.62. The van der Waals surface area contributed by atoms with Crippen LogP contribution in [0.5, 0.6) is 0 Å². The zero-order valence-electron chi connectivity index (χ0n) is 35.9. The van der Waals surface area contributed by atoms with Gasteiger partial charge in [-0.3, -0.25) is 0 Å². The average Bonchev–Trinajstić information content (AvgIpc) is 3.25. The average molecular weight is 1070 g/mol. The van der Waals surface area contributed by atoms with Crippen molar-refractivity contribution in [3.63, 3.8) is 0 Å². The van der Waals surface area contributed by atoms with Crippen molar-refractivity contribution in [3.8, 4) is 11.1 Å². The first-order chi connectivity index (χ1) is 28.4. The molecule has 0 atom stereocenters. The van der Waals surface area contributed by atoms with Crippen LogP contribution in [0.3, 0.4) is 0 Å². The highest BCUT2D eigenvalue weighted by atomic mass is 127. The van der Waals surface area contributed by atoms with E-state index in [-0.39, 0.29) is 63.4 Å².